The molecule has 0 N–H and O–H groups in total. The molecule has 2 unspecified atom stereocenters. The van der Waals surface area contributed by atoms with Gasteiger partial charge in [0.15, 0.2) is 0 Å². The predicted molar refractivity (Wildman–Crippen MR) is 182 cm³/mol. The van der Waals surface area contributed by atoms with Gasteiger partial charge in [-0.15, -0.1) is 0 Å². The van der Waals surface area contributed by atoms with Crippen molar-refractivity contribution in [1.82, 2.24) is 0 Å². The van der Waals surface area contributed by atoms with Gasteiger partial charge in [-0.2, -0.15) is 0 Å². The summed E-state index contributed by atoms with van der Waals surface area (Å²) in [5, 5.41) is 0. The summed E-state index contributed by atoms with van der Waals surface area (Å²) < 4.78 is 0. The van der Waals surface area contributed by atoms with Crippen molar-refractivity contribution in [2.75, 3.05) is 0 Å². The topological polar surface area (TPSA) is 0 Å². The van der Waals surface area contributed by atoms with Crippen molar-refractivity contribution in [1.29, 1.82) is 0 Å². The normalized spacial score (nSPS) is 17.3. The fourth-order valence-electron chi connectivity index (χ4n) is 5.73. The van der Waals surface area contributed by atoms with E-state index in [4.69, 9.17) is 6.58 Å². The molecule has 1 aliphatic carbocycles. The van der Waals surface area contributed by atoms with Crippen LogP contribution in [0.1, 0.15) is 110 Å². The summed E-state index contributed by atoms with van der Waals surface area (Å²) in [5.41, 5.74) is 12.0. The first kappa shape index (κ1) is 33.3. The van der Waals surface area contributed by atoms with Crippen molar-refractivity contribution in [3.8, 4) is 0 Å². The summed E-state index contributed by atoms with van der Waals surface area (Å²) >= 11 is 0. The lowest BCUT2D eigenvalue weighted by Crippen LogP contribution is -2.08. The Morgan fingerprint density at radius 3 is 2.50 bits per heavy atom. The summed E-state index contributed by atoms with van der Waals surface area (Å²) in [6.45, 7) is 24.8. The zero-order valence-electron chi connectivity index (χ0n) is 26.8. The van der Waals surface area contributed by atoms with E-state index in [1.165, 1.54) is 70.2 Å². The number of rotatable bonds is 16. The lowest BCUT2D eigenvalue weighted by atomic mass is 9.79. The van der Waals surface area contributed by atoms with Crippen LogP contribution in [0.4, 0.5) is 0 Å². The molecule has 0 heterocycles. The number of allylic oxidation sites excluding steroid dienone is 14. The first-order valence-corrected chi connectivity index (χ1v) is 15.9. The van der Waals surface area contributed by atoms with Crippen molar-refractivity contribution in [3.05, 3.63) is 125 Å². The van der Waals surface area contributed by atoms with Crippen LogP contribution in [0.15, 0.2) is 108 Å². The van der Waals surface area contributed by atoms with Crippen LogP contribution >= 0.6 is 0 Å². The lowest BCUT2D eigenvalue weighted by Gasteiger charge is -2.25. The summed E-state index contributed by atoms with van der Waals surface area (Å²) in [6, 6.07) is 7.21. The summed E-state index contributed by atoms with van der Waals surface area (Å²) in [5.74, 6) is 0.824. The third-order valence-electron chi connectivity index (χ3n) is 8.01. The van der Waals surface area contributed by atoms with Crippen LogP contribution in [-0.4, -0.2) is 0 Å². The Balaban J connectivity index is 2.73. The van der Waals surface area contributed by atoms with Crippen LogP contribution in [0.5, 0.6) is 0 Å². The van der Waals surface area contributed by atoms with Gasteiger partial charge in [0.2, 0.25) is 0 Å². The van der Waals surface area contributed by atoms with Gasteiger partial charge >= 0.3 is 0 Å². The van der Waals surface area contributed by atoms with Gasteiger partial charge in [0.25, 0.3) is 0 Å². The Morgan fingerprint density at radius 1 is 1.07 bits per heavy atom. The highest BCUT2D eigenvalue weighted by molar-refractivity contribution is 5.88. The van der Waals surface area contributed by atoms with Gasteiger partial charge in [-0.3, -0.25) is 0 Å². The van der Waals surface area contributed by atoms with Gasteiger partial charge in [-0.05, 0) is 104 Å². The van der Waals surface area contributed by atoms with Gasteiger partial charge in [0.1, 0.15) is 0 Å². The molecule has 0 radical (unpaired) electrons. The van der Waals surface area contributed by atoms with Crippen molar-refractivity contribution in [3.63, 3.8) is 0 Å². The molecule has 0 aliphatic heterocycles. The molecule has 2 atom stereocenters. The van der Waals surface area contributed by atoms with E-state index in [-0.39, 0.29) is 0 Å². The second kappa shape index (κ2) is 17.8. The molecule has 40 heavy (non-hydrogen) atoms. The third kappa shape index (κ3) is 9.96. The average Bonchev–Trinajstić information content (AvgIpc) is 3.13. The second-order valence-corrected chi connectivity index (χ2v) is 11.6. The van der Waals surface area contributed by atoms with Gasteiger partial charge in [-0.1, -0.05) is 139 Å². The number of hydrogen-bond acceptors (Lipinski definition) is 0. The van der Waals surface area contributed by atoms with Gasteiger partial charge < -0.3 is 0 Å². The Bertz CT molecular complexity index is 1170. The minimum atomic E-state index is 0.358. The van der Waals surface area contributed by atoms with E-state index in [0.29, 0.717) is 11.8 Å². The first-order valence-electron chi connectivity index (χ1n) is 15.9. The van der Waals surface area contributed by atoms with Gasteiger partial charge in [0.05, 0.1) is 0 Å². The number of unbranched alkanes of at least 4 members (excludes halogenated alkanes) is 1. The predicted octanol–water partition coefficient (Wildman–Crippen LogP) is 12.3. The molecule has 0 fully saturated rings. The molecule has 1 aromatic carbocycles. The Labute approximate surface area is 247 Å². The summed E-state index contributed by atoms with van der Waals surface area (Å²) in [6.07, 6.45) is 28.3. The van der Waals surface area contributed by atoms with Crippen LogP contribution < -0.4 is 0 Å². The smallest absolute Gasteiger partial charge is 0.00269 e. The SMILES string of the molecule is C=C/C=C(/C(=C/C(C)CCC)C(=C)C1=CC=CC(C)=CC1CC)c1cc(CC/C(C)=C\CC)ccc1CCCC. The molecule has 1 aliphatic rings. The third-order valence-corrected chi connectivity index (χ3v) is 8.01. The largest absolute Gasteiger partial charge is 0.0990 e. The zero-order chi connectivity index (χ0) is 29.5. The molecule has 0 saturated heterocycles. The van der Waals surface area contributed by atoms with Crippen LogP contribution in [0.2, 0.25) is 0 Å². The van der Waals surface area contributed by atoms with Crippen LogP contribution in [-0.2, 0) is 12.8 Å². The molecule has 0 amide bonds. The highest BCUT2D eigenvalue weighted by atomic mass is 14.3. The molecule has 0 saturated carbocycles. The lowest BCUT2D eigenvalue weighted by molar-refractivity contribution is 0.632. The maximum atomic E-state index is 4.80. The van der Waals surface area contributed by atoms with Crippen molar-refractivity contribution in [2.24, 2.45) is 11.8 Å². The van der Waals surface area contributed by atoms with Crippen molar-refractivity contribution in [2.45, 2.75) is 106 Å². The van der Waals surface area contributed by atoms with Crippen LogP contribution in [0, 0.1) is 11.8 Å². The Kier molecular flexibility index (Phi) is 14.8. The average molecular weight is 537 g/mol. The number of benzene rings is 1. The highest BCUT2D eigenvalue weighted by Crippen LogP contribution is 2.39. The van der Waals surface area contributed by atoms with E-state index in [9.17, 15) is 0 Å². The van der Waals surface area contributed by atoms with Crippen LogP contribution in [0.25, 0.3) is 5.57 Å². The van der Waals surface area contributed by atoms with E-state index < -0.39 is 0 Å². The second-order valence-electron chi connectivity index (χ2n) is 11.6. The molecule has 0 aromatic heterocycles. The fraction of sp³-hybridized carbons (Fsp3) is 0.450. The molecular formula is C40H56. The maximum absolute atomic E-state index is 4.80. The Morgan fingerprint density at radius 2 is 1.85 bits per heavy atom. The number of hydrogen-bond donors (Lipinski definition) is 0. The van der Waals surface area contributed by atoms with E-state index in [1.807, 2.05) is 6.08 Å². The molecular weight excluding hydrogens is 480 g/mol. The van der Waals surface area contributed by atoms with Crippen molar-refractivity contribution >= 4 is 5.57 Å². The molecule has 2 rings (SSSR count). The fourth-order valence-corrected chi connectivity index (χ4v) is 5.73. The minimum absolute atomic E-state index is 0.358. The van der Waals surface area contributed by atoms with E-state index in [1.54, 1.807) is 0 Å². The zero-order valence-corrected chi connectivity index (χ0v) is 26.8. The van der Waals surface area contributed by atoms with Crippen molar-refractivity contribution < 1.29 is 0 Å². The molecule has 216 valence electrons. The maximum Gasteiger partial charge on any atom is 0.00269 e. The summed E-state index contributed by atoms with van der Waals surface area (Å²) in [7, 11) is 0. The van der Waals surface area contributed by atoms with Crippen LogP contribution in [0.3, 0.4) is 0 Å². The molecule has 1 aromatic rings. The Hall–Kier alpha value is -2.86. The first-order chi connectivity index (χ1) is 19.3. The standard InChI is InChI=1S/C40H56/c1-10-15-21-36-26-25-34(24-23-30(6)17-11-2)29-40(36)38(19-13-4)39(28-31(7)18-12-3)33(9)37-22-16-20-32(8)27-35(37)14-5/h13,16-17,19-20,22,25-29,31,35H,4,9-12,14-15,18,21,23-24H2,1-3,5-8H3/b30-17-,38-19-,39-28+. The summed E-state index contributed by atoms with van der Waals surface area (Å²) in [4.78, 5) is 0. The number of aryl methyl sites for hydroxylation is 2. The van der Waals surface area contributed by atoms with Gasteiger partial charge in [0, 0.05) is 5.92 Å². The quantitative estimate of drug-likeness (QED) is 0.145. The van der Waals surface area contributed by atoms with E-state index >= 15 is 0 Å². The van der Waals surface area contributed by atoms with E-state index in [0.717, 1.165) is 37.7 Å². The highest BCUT2D eigenvalue weighted by Gasteiger charge is 2.22. The molecule has 0 spiro atoms. The molecule has 0 nitrogen and oxygen atoms in total. The monoisotopic (exact) mass is 536 g/mol. The molecule has 0 bridgehead atoms. The van der Waals surface area contributed by atoms with E-state index in [2.05, 4.69) is 116 Å². The van der Waals surface area contributed by atoms with Gasteiger partial charge in [-0.25, -0.2) is 0 Å². The minimum Gasteiger partial charge on any atom is -0.0990 e. The molecule has 0 heteroatoms.